The van der Waals surface area contributed by atoms with Gasteiger partial charge in [-0.3, -0.25) is 19.7 Å². The van der Waals surface area contributed by atoms with Crippen LogP contribution in [0.15, 0.2) is 30.3 Å². The van der Waals surface area contributed by atoms with Gasteiger partial charge in [-0.25, -0.2) is 4.79 Å². The summed E-state index contributed by atoms with van der Waals surface area (Å²) < 4.78 is 5.06. The molecule has 154 valence electrons. The van der Waals surface area contributed by atoms with E-state index in [1.165, 1.54) is 0 Å². The molecule has 1 unspecified atom stereocenters. The molecule has 1 aromatic rings. The van der Waals surface area contributed by atoms with Gasteiger partial charge in [0, 0.05) is 6.42 Å². The second-order valence-electron chi connectivity index (χ2n) is 5.80. The fraction of sp³-hybridized carbons (Fsp3) is 0.412. The Morgan fingerprint density at radius 3 is 2.11 bits per heavy atom. The molecule has 1 amide bonds. The standard InChI is InChI=1S/C17H22N2O9/c20-13(18-11(15(23)24)6-7-14(21)22)8-12(16(25)26)19-17(27)28-9-10-4-2-1-3-5-10/h1-5,11-12,17,19,27H,6-9H2,(H,18,20)(H,21,22)(H,23,24)(H,25,26)/t11-,12-,17?/m0/s1. The number of amides is 1. The Kier molecular flexibility index (Phi) is 9.57. The lowest BCUT2D eigenvalue weighted by atomic mass is 10.1. The van der Waals surface area contributed by atoms with E-state index in [1.54, 1.807) is 30.3 Å². The van der Waals surface area contributed by atoms with E-state index in [4.69, 9.17) is 14.9 Å². The van der Waals surface area contributed by atoms with Crippen LogP contribution in [-0.4, -0.2) is 62.7 Å². The van der Waals surface area contributed by atoms with Crippen molar-refractivity contribution in [2.45, 2.75) is 44.4 Å². The number of hydrogen-bond donors (Lipinski definition) is 6. The van der Waals surface area contributed by atoms with E-state index in [2.05, 4.69) is 10.6 Å². The van der Waals surface area contributed by atoms with Gasteiger partial charge >= 0.3 is 17.9 Å². The summed E-state index contributed by atoms with van der Waals surface area (Å²) in [6, 6.07) is 5.74. The number of benzene rings is 1. The van der Waals surface area contributed by atoms with Crippen LogP contribution in [0.2, 0.25) is 0 Å². The summed E-state index contributed by atoms with van der Waals surface area (Å²) >= 11 is 0. The highest BCUT2D eigenvalue weighted by Gasteiger charge is 2.27. The maximum Gasteiger partial charge on any atom is 0.326 e. The molecule has 0 bridgehead atoms. The van der Waals surface area contributed by atoms with Gasteiger partial charge in [0.2, 0.25) is 12.3 Å². The number of aliphatic hydroxyl groups excluding tert-OH is 1. The number of carbonyl (C=O) groups excluding carboxylic acids is 1. The number of hydrogen-bond acceptors (Lipinski definition) is 7. The topological polar surface area (TPSA) is 182 Å². The Hall–Kier alpha value is -3.02. The maximum absolute atomic E-state index is 11.9. The van der Waals surface area contributed by atoms with Crippen molar-refractivity contribution in [3.05, 3.63) is 35.9 Å². The van der Waals surface area contributed by atoms with E-state index in [0.29, 0.717) is 0 Å². The van der Waals surface area contributed by atoms with Crippen molar-refractivity contribution in [3.8, 4) is 0 Å². The van der Waals surface area contributed by atoms with E-state index in [1.807, 2.05) is 0 Å². The van der Waals surface area contributed by atoms with Crippen LogP contribution in [0.4, 0.5) is 0 Å². The molecule has 0 aliphatic heterocycles. The zero-order chi connectivity index (χ0) is 21.1. The molecular weight excluding hydrogens is 376 g/mol. The summed E-state index contributed by atoms with van der Waals surface area (Å²) in [7, 11) is 0. The van der Waals surface area contributed by atoms with E-state index < -0.39 is 55.2 Å². The van der Waals surface area contributed by atoms with Crippen molar-refractivity contribution in [1.29, 1.82) is 0 Å². The predicted octanol–water partition coefficient (Wildman–Crippen LogP) is -0.654. The highest BCUT2D eigenvalue weighted by molar-refractivity contribution is 5.87. The number of aliphatic hydroxyl groups is 1. The predicted molar refractivity (Wildman–Crippen MR) is 92.9 cm³/mol. The molecule has 0 heterocycles. The monoisotopic (exact) mass is 398 g/mol. The molecule has 0 fully saturated rings. The smallest absolute Gasteiger partial charge is 0.326 e. The van der Waals surface area contributed by atoms with E-state index in [0.717, 1.165) is 5.56 Å². The summed E-state index contributed by atoms with van der Waals surface area (Å²) in [6.45, 7) is -0.0101. The van der Waals surface area contributed by atoms with Crippen LogP contribution in [0, 0.1) is 0 Å². The zero-order valence-corrected chi connectivity index (χ0v) is 14.8. The minimum Gasteiger partial charge on any atom is -0.481 e. The third-order valence-electron chi connectivity index (χ3n) is 3.56. The third kappa shape index (κ3) is 9.07. The summed E-state index contributed by atoms with van der Waals surface area (Å²) in [5.74, 6) is -5.08. The zero-order valence-electron chi connectivity index (χ0n) is 14.8. The molecule has 0 aromatic heterocycles. The molecule has 1 rings (SSSR count). The fourth-order valence-electron chi connectivity index (χ4n) is 2.15. The van der Waals surface area contributed by atoms with Gasteiger partial charge in [-0.05, 0) is 12.0 Å². The van der Waals surface area contributed by atoms with Gasteiger partial charge in [0.25, 0.3) is 0 Å². The van der Waals surface area contributed by atoms with Crippen molar-refractivity contribution in [2.24, 2.45) is 0 Å². The summed E-state index contributed by atoms with van der Waals surface area (Å²) in [5.41, 5.74) is 0.732. The van der Waals surface area contributed by atoms with Gasteiger partial charge in [0.1, 0.15) is 12.1 Å². The first kappa shape index (κ1) is 23.0. The lowest BCUT2D eigenvalue weighted by Gasteiger charge is -2.20. The Balaban J connectivity index is 2.55. The van der Waals surface area contributed by atoms with Crippen LogP contribution in [0.3, 0.4) is 0 Å². The number of carboxylic acid groups (broad SMARTS) is 3. The Morgan fingerprint density at radius 2 is 1.57 bits per heavy atom. The number of carboxylic acids is 3. The quantitative estimate of drug-likeness (QED) is 0.233. The first-order valence-corrected chi connectivity index (χ1v) is 8.25. The molecule has 0 aliphatic rings. The summed E-state index contributed by atoms with van der Waals surface area (Å²) in [6.07, 6.45) is -3.22. The van der Waals surface area contributed by atoms with Crippen molar-refractivity contribution in [3.63, 3.8) is 0 Å². The van der Waals surface area contributed by atoms with Crippen molar-refractivity contribution >= 4 is 23.8 Å². The van der Waals surface area contributed by atoms with Crippen LogP contribution in [-0.2, 0) is 30.5 Å². The summed E-state index contributed by atoms with van der Waals surface area (Å²) in [4.78, 5) is 44.8. The third-order valence-corrected chi connectivity index (χ3v) is 3.56. The molecular formula is C17H22N2O9. The van der Waals surface area contributed by atoms with E-state index in [-0.39, 0.29) is 13.0 Å². The average Bonchev–Trinajstić information content (AvgIpc) is 2.63. The molecule has 3 atom stereocenters. The van der Waals surface area contributed by atoms with Gasteiger partial charge in [-0.15, -0.1) is 0 Å². The molecule has 0 aliphatic carbocycles. The van der Waals surface area contributed by atoms with Crippen LogP contribution in [0.5, 0.6) is 0 Å². The van der Waals surface area contributed by atoms with Crippen LogP contribution in [0.1, 0.15) is 24.8 Å². The molecule has 0 saturated carbocycles. The second kappa shape index (κ2) is 11.6. The second-order valence-corrected chi connectivity index (χ2v) is 5.80. The van der Waals surface area contributed by atoms with Crippen molar-refractivity contribution in [2.75, 3.05) is 0 Å². The normalized spacial score (nSPS) is 13.9. The molecule has 0 radical (unpaired) electrons. The minimum atomic E-state index is -1.68. The number of ether oxygens (including phenoxy) is 1. The molecule has 1 aromatic carbocycles. The lowest BCUT2D eigenvalue weighted by molar-refractivity contribution is -0.156. The molecule has 0 saturated heterocycles. The van der Waals surface area contributed by atoms with Gasteiger partial charge in [0.05, 0.1) is 13.0 Å². The van der Waals surface area contributed by atoms with Gasteiger partial charge in [-0.1, -0.05) is 30.3 Å². The largest absolute Gasteiger partial charge is 0.481 e. The summed E-state index contributed by atoms with van der Waals surface area (Å²) in [5, 5.41) is 40.8. The van der Waals surface area contributed by atoms with E-state index in [9.17, 15) is 29.4 Å². The van der Waals surface area contributed by atoms with E-state index >= 15 is 0 Å². The van der Waals surface area contributed by atoms with Gasteiger partial charge < -0.3 is 30.5 Å². The highest BCUT2D eigenvalue weighted by Crippen LogP contribution is 2.04. The highest BCUT2D eigenvalue weighted by atomic mass is 16.6. The first-order valence-electron chi connectivity index (χ1n) is 8.25. The Labute approximate surface area is 159 Å². The molecule has 0 spiro atoms. The van der Waals surface area contributed by atoms with Gasteiger partial charge in [-0.2, -0.15) is 0 Å². The number of nitrogens with one attached hydrogen (secondary N) is 2. The molecule has 11 nitrogen and oxygen atoms in total. The lowest BCUT2D eigenvalue weighted by Crippen LogP contribution is -2.49. The van der Waals surface area contributed by atoms with Crippen molar-refractivity contribution < 1.29 is 44.3 Å². The first-order chi connectivity index (χ1) is 13.2. The van der Waals surface area contributed by atoms with Crippen LogP contribution in [0.25, 0.3) is 0 Å². The molecule has 6 N–H and O–H groups in total. The van der Waals surface area contributed by atoms with Crippen LogP contribution < -0.4 is 10.6 Å². The Bertz CT molecular complexity index is 680. The van der Waals surface area contributed by atoms with Crippen molar-refractivity contribution in [1.82, 2.24) is 10.6 Å². The SMILES string of the molecule is O=C(O)CC[C@H](NC(=O)C[C@H](NC(O)OCc1ccccc1)C(=O)O)C(=O)O. The molecule has 11 heteroatoms. The number of carbonyl (C=O) groups is 4. The minimum absolute atomic E-state index is 0.0101. The fourth-order valence-corrected chi connectivity index (χ4v) is 2.15. The Morgan fingerprint density at radius 1 is 0.964 bits per heavy atom. The number of aliphatic carboxylic acids is 3. The maximum atomic E-state index is 11.9. The van der Waals surface area contributed by atoms with Gasteiger partial charge in [0.15, 0.2) is 0 Å². The average molecular weight is 398 g/mol. The van der Waals surface area contributed by atoms with Crippen LogP contribution >= 0.6 is 0 Å². The molecule has 28 heavy (non-hydrogen) atoms. The number of rotatable bonds is 13.